The first-order valence-corrected chi connectivity index (χ1v) is 13.6. The number of rotatable bonds is 8. The fourth-order valence-electron chi connectivity index (χ4n) is 4.43. The minimum absolute atomic E-state index is 0.142. The van der Waals surface area contributed by atoms with Crippen LogP contribution in [0.25, 0.3) is 0 Å². The molecule has 1 atom stereocenters. The Morgan fingerprint density at radius 1 is 1.17 bits per heavy atom. The predicted molar refractivity (Wildman–Crippen MR) is 130 cm³/mol. The van der Waals surface area contributed by atoms with Gasteiger partial charge in [-0.05, 0) is 79.9 Å². The number of likely N-dealkylation sites (tertiary alicyclic amines) is 1. The second-order valence-corrected chi connectivity index (χ2v) is 10.9. The maximum Gasteiger partial charge on any atom is 0.417 e. The highest BCUT2D eigenvalue weighted by molar-refractivity contribution is 7.82. The number of amides is 1. The second kappa shape index (κ2) is 11.1. The molecule has 0 aromatic heterocycles. The molecule has 2 aromatic carbocycles. The van der Waals surface area contributed by atoms with Crippen molar-refractivity contribution in [1.82, 2.24) is 9.62 Å². The van der Waals surface area contributed by atoms with E-state index < -0.39 is 34.4 Å². The van der Waals surface area contributed by atoms with E-state index in [2.05, 4.69) is 9.62 Å². The van der Waals surface area contributed by atoms with Crippen molar-refractivity contribution in [2.45, 2.75) is 44.3 Å². The normalized spacial score (nSPS) is 18.2. The summed E-state index contributed by atoms with van der Waals surface area (Å²) in [5, 5.41) is -0.298. The maximum atomic E-state index is 14.6. The summed E-state index contributed by atoms with van der Waals surface area (Å²) in [7, 11) is -1.59. The molecule has 1 aliphatic heterocycles. The molecule has 1 unspecified atom stereocenters. The van der Waals surface area contributed by atoms with Crippen molar-refractivity contribution in [2.75, 3.05) is 26.0 Å². The van der Waals surface area contributed by atoms with Crippen molar-refractivity contribution in [1.29, 1.82) is 0 Å². The van der Waals surface area contributed by atoms with Crippen molar-refractivity contribution >= 4 is 28.5 Å². The van der Waals surface area contributed by atoms with Crippen molar-refractivity contribution in [3.05, 3.63) is 63.4 Å². The van der Waals surface area contributed by atoms with Gasteiger partial charge in [-0.25, -0.2) is 8.60 Å². The molecule has 1 N–H and O–H groups in total. The van der Waals surface area contributed by atoms with E-state index in [1.807, 2.05) is 0 Å². The number of carbonyl (C=O) groups excluding carboxylic acids is 1. The topological polar surface area (TPSA) is 58.6 Å². The first-order chi connectivity index (χ1) is 17.0. The van der Waals surface area contributed by atoms with Crippen LogP contribution in [0.1, 0.15) is 58.6 Å². The molecule has 2 fully saturated rings. The van der Waals surface area contributed by atoms with E-state index in [0.29, 0.717) is 18.9 Å². The quantitative estimate of drug-likeness (QED) is 0.432. The van der Waals surface area contributed by atoms with Gasteiger partial charge in [0, 0.05) is 18.9 Å². The van der Waals surface area contributed by atoms with Crippen LogP contribution in [0.5, 0.6) is 5.75 Å². The van der Waals surface area contributed by atoms with E-state index in [9.17, 15) is 26.6 Å². The molecule has 4 rings (SSSR count). The molecule has 0 radical (unpaired) electrons. The molecule has 0 bridgehead atoms. The molecule has 11 heteroatoms. The summed E-state index contributed by atoms with van der Waals surface area (Å²) in [5.74, 6) is -0.536. The van der Waals surface area contributed by atoms with Crippen LogP contribution in [0.2, 0.25) is 5.02 Å². The molecule has 2 aromatic rings. The Balaban J connectivity index is 1.32. The smallest absolute Gasteiger partial charge is 0.417 e. The van der Waals surface area contributed by atoms with Gasteiger partial charge in [0.1, 0.15) is 22.6 Å². The standard InChI is InChI=1S/C25H27ClF4N2O3S/c1-36(34)31-24(33)19-11-18(17-3-4-17)23(12-22(19)27)35-14-15-6-8-32(9-7-15)13-16-2-5-20(21(26)10-16)25(28,29)30/h2,5,10-12,15,17H,3-4,6-9,13-14H2,1H3,(H,31,33). The maximum absolute atomic E-state index is 14.6. The number of piperidine rings is 1. The van der Waals surface area contributed by atoms with Crippen LogP contribution in [0, 0.1) is 11.7 Å². The van der Waals surface area contributed by atoms with Crippen LogP contribution in [0.3, 0.4) is 0 Å². The lowest BCUT2D eigenvalue weighted by molar-refractivity contribution is -0.137. The third-order valence-corrected chi connectivity index (χ3v) is 7.31. The number of carbonyl (C=O) groups is 1. The third kappa shape index (κ3) is 6.77. The first-order valence-electron chi connectivity index (χ1n) is 11.7. The van der Waals surface area contributed by atoms with Crippen LogP contribution < -0.4 is 9.46 Å². The van der Waals surface area contributed by atoms with Gasteiger partial charge in [0.25, 0.3) is 5.91 Å². The lowest BCUT2D eigenvalue weighted by atomic mass is 9.97. The summed E-state index contributed by atoms with van der Waals surface area (Å²) in [4.78, 5) is 14.3. The Morgan fingerprint density at radius 3 is 2.44 bits per heavy atom. The Hall–Kier alpha value is -2.17. The summed E-state index contributed by atoms with van der Waals surface area (Å²) < 4.78 is 72.9. The molecule has 1 aliphatic carbocycles. The second-order valence-electron chi connectivity index (χ2n) is 9.37. The Morgan fingerprint density at radius 2 is 1.86 bits per heavy atom. The molecular weight excluding hydrogens is 520 g/mol. The van der Waals surface area contributed by atoms with Gasteiger partial charge in [-0.2, -0.15) is 13.2 Å². The zero-order valence-electron chi connectivity index (χ0n) is 19.7. The van der Waals surface area contributed by atoms with Crippen LogP contribution >= 0.6 is 11.6 Å². The van der Waals surface area contributed by atoms with Gasteiger partial charge in [0.15, 0.2) is 0 Å². The van der Waals surface area contributed by atoms with Gasteiger partial charge in [-0.15, -0.1) is 0 Å². The molecule has 1 saturated carbocycles. The molecule has 2 aliphatic rings. The number of benzene rings is 2. The van der Waals surface area contributed by atoms with E-state index in [-0.39, 0.29) is 22.4 Å². The monoisotopic (exact) mass is 546 g/mol. The molecule has 36 heavy (non-hydrogen) atoms. The number of nitrogens with zero attached hydrogens (tertiary/aromatic N) is 1. The van der Waals surface area contributed by atoms with Gasteiger partial charge in [0.05, 0.1) is 22.8 Å². The summed E-state index contributed by atoms with van der Waals surface area (Å²) in [5.41, 5.74) is 0.541. The molecule has 1 amide bonds. The summed E-state index contributed by atoms with van der Waals surface area (Å²) in [6.45, 7) is 2.42. The van der Waals surface area contributed by atoms with Crippen LogP contribution in [-0.2, 0) is 23.7 Å². The minimum atomic E-state index is -4.47. The Bertz CT molecular complexity index is 1150. The van der Waals surface area contributed by atoms with E-state index in [1.54, 1.807) is 0 Å². The van der Waals surface area contributed by atoms with Gasteiger partial charge in [0.2, 0.25) is 0 Å². The fourth-order valence-corrected chi connectivity index (χ4v) is 5.11. The first kappa shape index (κ1) is 26.9. The largest absolute Gasteiger partial charge is 0.493 e. The minimum Gasteiger partial charge on any atom is -0.493 e. The average Bonchev–Trinajstić information content (AvgIpc) is 3.62. The lowest BCUT2D eigenvalue weighted by Gasteiger charge is -2.32. The van der Waals surface area contributed by atoms with Gasteiger partial charge >= 0.3 is 6.18 Å². The summed E-state index contributed by atoms with van der Waals surface area (Å²) in [6, 6.07) is 6.59. The zero-order valence-corrected chi connectivity index (χ0v) is 21.2. The van der Waals surface area contributed by atoms with Gasteiger partial charge < -0.3 is 4.74 Å². The fraction of sp³-hybridized carbons (Fsp3) is 0.480. The summed E-state index contributed by atoms with van der Waals surface area (Å²) in [6.07, 6.45) is 0.374. The van der Waals surface area contributed by atoms with Crippen molar-refractivity contribution < 1.29 is 31.3 Å². The van der Waals surface area contributed by atoms with E-state index in [1.165, 1.54) is 30.5 Å². The number of hydrogen-bond acceptors (Lipinski definition) is 4. The summed E-state index contributed by atoms with van der Waals surface area (Å²) >= 11 is 5.84. The SMILES string of the molecule is CS(=O)NC(=O)c1cc(C2CC2)c(OCC2CCN(Cc3ccc(C(F)(F)F)c(Cl)c3)CC2)cc1F. The van der Waals surface area contributed by atoms with Crippen LogP contribution in [0.15, 0.2) is 30.3 Å². The van der Waals surface area contributed by atoms with Crippen molar-refractivity contribution in [3.63, 3.8) is 0 Å². The van der Waals surface area contributed by atoms with Crippen molar-refractivity contribution in [3.8, 4) is 5.75 Å². The molecule has 196 valence electrons. The van der Waals surface area contributed by atoms with Crippen LogP contribution in [-0.4, -0.2) is 41.0 Å². The highest BCUT2D eigenvalue weighted by Gasteiger charge is 2.33. The van der Waals surface area contributed by atoms with Gasteiger partial charge in [-0.3, -0.25) is 14.4 Å². The number of nitrogens with one attached hydrogen (secondary N) is 1. The number of hydrogen-bond donors (Lipinski definition) is 1. The van der Waals surface area contributed by atoms with E-state index >= 15 is 0 Å². The molecular formula is C25H27ClF4N2O3S. The molecule has 1 heterocycles. The van der Waals surface area contributed by atoms with E-state index in [4.69, 9.17) is 16.3 Å². The van der Waals surface area contributed by atoms with Gasteiger partial charge in [-0.1, -0.05) is 17.7 Å². The Kier molecular flexibility index (Phi) is 8.26. The lowest BCUT2D eigenvalue weighted by Crippen LogP contribution is -2.35. The van der Waals surface area contributed by atoms with Crippen LogP contribution in [0.4, 0.5) is 17.6 Å². The molecule has 1 saturated heterocycles. The number of halogens is 5. The van der Waals surface area contributed by atoms with E-state index in [0.717, 1.165) is 56.0 Å². The van der Waals surface area contributed by atoms with Crippen molar-refractivity contribution in [2.24, 2.45) is 5.92 Å². The predicted octanol–water partition coefficient (Wildman–Crippen LogP) is 5.69. The highest BCUT2D eigenvalue weighted by atomic mass is 35.5. The number of ether oxygens (including phenoxy) is 1. The zero-order chi connectivity index (χ0) is 26.0. The third-order valence-electron chi connectivity index (χ3n) is 6.52. The molecule has 0 spiro atoms. The number of alkyl halides is 3. The molecule has 5 nitrogen and oxygen atoms in total. The highest BCUT2D eigenvalue weighted by Crippen LogP contribution is 2.45. The Labute approximate surface area is 214 Å². The average molecular weight is 547 g/mol.